The lowest BCUT2D eigenvalue weighted by Gasteiger charge is -2.31. The quantitative estimate of drug-likeness (QED) is 0.149. The van der Waals surface area contributed by atoms with Gasteiger partial charge in [0.15, 0.2) is 34.1 Å². The minimum absolute atomic E-state index is 0.226. The number of nitrogens with zero attached hydrogens (tertiary/aromatic N) is 18. The molecule has 0 aliphatic carbocycles. The first-order valence-corrected chi connectivity index (χ1v) is 46.6. The molecule has 18 nitrogen and oxygen atoms in total. The molecule has 0 N–H and O–H groups in total. The second-order valence-electron chi connectivity index (χ2n) is 37.8. The van der Waals surface area contributed by atoms with Crippen LogP contribution >= 0.6 is 0 Å². The molecular formula is C117H132N18. The van der Waals surface area contributed by atoms with Crippen LogP contribution in [-0.2, 0) is 0 Å². The summed E-state index contributed by atoms with van der Waals surface area (Å²) >= 11 is 0. The molecule has 0 amide bonds. The van der Waals surface area contributed by atoms with Gasteiger partial charge in [0.1, 0.15) is 37.0 Å². The Kier molecular flexibility index (Phi) is 28.1. The van der Waals surface area contributed by atoms with Crippen LogP contribution in [0, 0.1) is 185 Å². The van der Waals surface area contributed by atoms with Gasteiger partial charge < -0.3 is 58.8 Å². The predicted molar refractivity (Wildman–Crippen MR) is 574 cm³/mol. The van der Waals surface area contributed by atoms with Crippen LogP contribution in [0.5, 0.6) is 0 Å². The van der Waals surface area contributed by atoms with Crippen LogP contribution in [0.1, 0.15) is 158 Å². The van der Waals surface area contributed by atoms with Crippen LogP contribution < -0.4 is 58.8 Å². The van der Waals surface area contributed by atoms with E-state index in [1.54, 1.807) is 0 Å². The van der Waals surface area contributed by atoms with Gasteiger partial charge in [0.25, 0.3) is 0 Å². The van der Waals surface area contributed by atoms with Gasteiger partial charge in [0.2, 0.25) is 0 Å². The predicted octanol–water partition coefficient (Wildman–Crippen LogP) is 31.5. The normalized spacial score (nSPS) is 16.6. The molecule has 0 saturated carbocycles. The van der Waals surface area contributed by atoms with Gasteiger partial charge in [-0.05, 0) is 383 Å². The van der Waals surface area contributed by atoms with Gasteiger partial charge in [-0.1, -0.05) is 84.4 Å². The van der Waals surface area contributed by atoms with E-state index < -0.39 is 0 Å². The van der Waals surface area contributed by atoms with Crippen molar-refractivity contribution in [2.24, 2.45) is 0 Å². The van der Waals surface area contributed by atoms with Gasteiger partial charge in [-0.3, -0.25) is 0 Å². The third-order valence-corrected chi connectivity index (χ3v) is 29.9. The maximum atomic E-state index is 7.32. The topological polar surface area (TPSA) is 65.0 Å². The van der Waals surface area contributed by atoms with Crippen molar-refractivity contribution in [1.29, 1.82) is 0 Å². The molecule has 6 aliphatic rings. The Balaban J connectivity index is 0.000000137. The smallest absolute Gasteiger partial charge is 0.189 e. The highest BCUT2D eigenvalue weighted by Crippen LogP contribution is 2.55. The molecule has 0 aromatic heterocycles. The largest absolute Gasteiger partial charge is 0.353 e. The third kappa shape index (κ3) is 17.7. The highest BCUT2D eigenvalue weighted by Gasteiger charge is 2.41. The molecule has 6 atom stereocenters. The third-order valence-electron chi connectivity index (χ3n) is 29.9. The Hall–Kier alpha value is -14.8. The monoisotopic (exact) mass is 1790 g/mol. The summed E-state index contributed by atoms with van der Waals surface area (Å²) in [5, 5.41) is 0. The number of aryl methyl sites for hydroxylation is 12. The van der Waals surface area contributed by atoms with E-state index >= 15 is 0 Å². The van der Waals surface area contributed by atoms with E-state index in [0.29, 0.717) is 34.1 Å². The number of anilines is 18. The number of benzene rings is 12. The molecule has 18 heteroatoms. The van der Waals surface area contributed by atoms with Crippen LogP contribution in [-0.4, -0.2) is 79.3 Å². The van der Waals surface area contributed by atoms with E-state index in [-0.39, 0.29) is 37.0 Å². The number of fused-ring (bicyclic) bond motifs is 6. The highest BCUT2D eigenvalue weighted by molar-refractivity contribution is 5.95. The Bertz CT molecular complexity index is 6940. The lowest BCUT2D eigenvalue weighted by molar-refractivity contribution is 0.730. The van der Waals surface area contributed by atoms with Gasteiger partial charge in [0, 0.05) is 76.4 Å². The highest BCUT2D eigenvalue weighted by atomic mass is 15.4. The van der Waals surface area contributed by atoms with E-state index in [2.05, 4.69) is 408 Å². The Morgan fingerprint density at radius 3 is 0.741 bits per heavy atom. The van der Waals surface area contributed by atoms with Crippen molar-refractivity contribution in [1.82, 2.24) is 0 Å². The zero-order valence-corrected chi connectivity index (χ0v) is 85.6. The van der Waals surface area contributed by atoms with Crippen molar-refractivity contribution in [3.8, 4) is 0 Å². The van der Waals surface area contributed by atoms with E-state index in [1.807, 2.05) is 72.8 Å². The standard InChI is InChI=1S/3C20H23N3.3C19H21N3/c1-12-10-19(15(4)14(3)13(12)2)23-16(5)22(7)18-9-8-17(21-6)11-20(18)23;1-12-10-13(2)20(15(4)14(12)3)23-16(5)22(7)18-9-8-17(21-6)11-19(18)23;1-12-10-13(2)15(4)20(14(12)3)23-16(5)22(7)18-9-8-17(21-6)11-19(18)23;1-12-9-13(2)14(3)18(10-12)22-15(4)21(6)17-8-7-16(20-5)11-19(17)22;1-12-9-13(2)19(14(3)10-12)22-15(4)21(6)17-8-7-16(20-5)11-18(17)22;1-12-7-8-13(2)19(14(12)3)22-15(4)21(6)17-10-9-16(20-5)11-18(17)22/h3*8-11,16H,1-5,7H3;3*7-11,15H,1-4,6H3/t3*16-;3*15-/m000000/s1. The van der Waals surface area contributed by atoms with Crippen molar-refractivity contribution < 1.29 is 0 Å². The number of rotatable bonds is 6. The average Bonchev–Trinajstić information content (AvgIpc) is 1.64. The van der Waals surface area contributed by atoms with Gasteiger partial charge in [-0.15, -0.1) is 0 Å². The molecule has 690 valence electrons. The lowest BCUT2D eigenvalue weighted by atomic mass is 9.97. The number of hydrogen-bond acceptors (Lipinski definition) is 12. The average molecular weight is 1790 g/mol. The molecule has 12 aromatic rings. The SMILES string of the molecule is [C-]#[N+]c1ccc2c(c1)N(c1c(C)c(C)cc(C)c1C)[C@@H](C)N2C.[C-]#[N+]c1ccc2c(c1)N(c1c(C)cc(C)c(C)c1C)[C@@H](C)N2C.[C-]#[N+]c1ccc2c(c1)N(c1c(C)cc(C)cc1C)[C@@H](C)N2C.[C-]#[N+]c1ccc2c(c1)N(c1c(C)ccc(C)c1C)[C@@H](C)N2C.[C-]#[N+]c1ccc2c(c1)N(c1cc(C)c(C)c(C)c1C)[C@@H](C)N2C.[C-]#[N+]c1ccc2c(c1)N(c1cc(C)cc(C)c1C)[C@@H](C)N2C. The first-order chi connectivity index (χ1) is 63.9. The van der Waals surface area contributed by atoms with E-state index in [4.69, 9.17) is 39.4 Å². The molecule has 0 fully saturated rings. The Morgan fingerprint density at radius 2 is 0.400 bits per heavy atom. The molecular weight excluding hydrogens is 1660 g/mol. The summed E-state index contributed by atoms with van der Waals surface area (Å²) in [7, 11) is 12.7. The summed E-state index contributed by atoms with van der Waals surface area (Å²) < 4.78 is 0. The van der Waals surface area contributed by atoms with Gasteiger partial charge in [-0.25, -0.2) is 29.1 Å². The first kappa shape index (κ1) is 97.7. The van der Waals surface area contributed by atoms with E-state index in [1.165, 1.54) is 185 Å². The summed E-state index contributed by atoms with van der Waals surface area (Å²) in [4.78, 5) is 49.4. The summed E-state index contributed by atoms with van der Waals surface area (Å²) in [6.45, 7) is 103. The fourth-order valence-corrected chi connectivity index (χ4v) is 20.5. The summed E-state index contributed by atoms with van der Waals surface area (Å²) in [5.41, 5.74) is 53.0. The fourth-order valence-electron chi connectivity index (χ4n) is 20.5. The van der Waals surface area contributed by atoms with Gasteiger partial charge in [0.05, 0.1) is 108 Å². The van der Waals surface area contributed by atoms with Gasteiger partial charge in [-0.2, -0.15) is 0 Å². The molecule has 6 heterocycles. The maximum Gasteiger partial charge on any atom is 0.189 e. The minimum Gasteiger partial charge on any atom is -0.353 e. The molecule has 0 spiro atoms. The molecule has 0 radical (unpaired) electrons. The van der Waals surface area contributed by atoms with Crippen LogP contribution in [0.3, 0.4) is 0 Å². The van der Waals surface area contributed by atoms with Crippen LogP contribution in [0.25, 0.3) is 29.1 Å². The summed E-state index contributed by atoms with van der Waals surface area (Å²) in [6, 6.07) is 55.8. The molecule has 18 rings (SSSR count). The van der Waals surface area contributed by atoms with Crippen molar-refractivity contribution in [3.63, 3.8) is 0 Å². The van der Waals surface area contributed by atoms with E-state index in [0.717, 1.165) is 34.1 Å². The second kappa shape index (κ2) is 38.8. The van der Waals surface area contributed by atoms with Crippen LogP contribution in [0.2, 0.25) is 0 Å². The van der Waals surface area contributed by atoms with Crippen molar-refractivity contribution in [2.45, 2.75) is 224 Å². The fraction of sp³-hybridized carbons (Fsp3) is 0.333. The lowest BCUT2D eigenvalue weighted by Crippen LogP contribution is -2.36. The minimum atomic E-state index is 0.226. The maximum absolute atomic E-state index is 7.32. The van der Waals surface area contributed by atoms with Gasteiger partial charge >= 0.3 is 0 Å². The van der Waals surface area contributed by atoms with Crippen LogP contribution in [0.15, 0.2) is 164 Å². The number of hydrogen-bond donors (Lipinski definition) is 0. The zero-order valence-electron chi connectivity index (χ0n) is 85.6. The van der Waals surface area contributed by atoms with Crippen molar-refractivity contribution >= 4 is 136 Å². The first-order valence-electron chi connectivity index (χ1n) is 46.6. The second-order valence-corrected chi connectivity index (χ2v) is 37.8. The van der Waals surface area contributed by atoms with E-state index in [9.17, 15) is 0 Å². The molecule has 12 aromatic carbocycles. The molecule has 0 bridgehead atoms. The molecule has 135 heavy (non-hydrogen) atoms. The Morgan fingerprint density at radius 1 is 0.170 bits per heavy atom. The van der Waals surface area contributed by atoms with Crippen molar-refractivity contribution in [2.75, 3.05) is 101 Å². The van der Waals surface area contributed by atoms with Crippen LogP contribution in [0.4, 0.5) is 136 Å². The molecule has 6 aliphatic heterocycles. The summed E-state index contributed by atoms with van der Waals surface area (Å²) in [6.07, 6.45) is 1.38. The Labute approximate surface area is 805 Å². The zero-order chi connectivity index (χ0) is 98.7. The molecule has 0 saturated heterocycles. The summed E-state index contributed by atoms with van der Waals surface area (Å²) in [5.74, 6) is 0. The van der Waals surface area contributed by atoms with Crippen molar-refractivity contribution in [3.05, 3.63) is 349 Å². The molecule has 0 unspecified atom stereocenters.